The van der Waals surface area contributed by atoms with E-state index >= 15 is 0 Å². The highest BCUT2D eigenvalue weighted by molar-refractivity contribution is 8.02. The van der Waals surface area contributed by atoms with Crippen LogP contribution in [0, 0.1) is 0 Å². The van der Waals surface area contributed by atoms with Gasteiger partial charge in [0.05, 0.1) is 5.75 Å². The van der Waals surface area contributed by atoms with Gasteiger partial charge in [0.15, 0.2) is 14.5 Å². The van der Waals surface area contributed by atoms with Gasteiger partial charge in [-0.3, -0.25) is 0 Å². The average Bonchev–Trinajstić information content (AvgIpc) is 3.28. The first kappa shape index (κ1) is 19.4. The van der Waals surface area contributed by atoms with E-state index in [2.05, 4.69) is 65.4 Å². The van der Waals surface area contributed by atoms with Gasteiger partial charge in [-0.2, -0.15) is 4.98 Å². The van der Waals surface area contributed by atoms with E-state index in [9.17, 15) is 0 Å². The Labute approximate surface area is 166 Å². The average molecular weight is 407 g/mol. The second-order valence-corrected chi connectivity index (χ2v) is 9.58. The molecule has 0 radical (unpaired) electrons. The molecule has 0 bridgehead atoms. The zero-order valence-corrected chi connectivity index (χ0v) is 17.6. The van der Waals surface area contributed by atoms with Crippen LogP contribution in [0.4, 0.5) is 0 Å². The van der Waals surface area contributed by atoms with Crippen molar-refractivity contribution in [2.45, 2.75) is 59.7 Å². The highest BCUT2D eigenvalue weighted by atomic mass is 32.2. The van der Waals surface area contributed by atoms with Gasteiger partial charge in [-0.15, -0.1) is 10.2 Å². The highest BCUT2D eigenvalue weighted by Gasteiger charge is 2.10. The maximum absolute atomic E-state index is 5.20. The molecule has 138 valence electrons. The van der Waals surface area contributed by atoms with Gasteiger partial charge >= 0.3 is 0 Å². The molecule has 3 rings (SSSR count). The third kappa shape index (κ3) is 5.56. The molecule has 26 heavy (non-hydrogen) atoms. The molecular formula is C18H22N4OS3. The van der Waals surface area contributed by atoms with Crippen LogP contribution in [0.3, 0.4) is 0 Å². The second-order valence-electron chi connectivity index (χ2n) is 6.16. The van der Waals surface area contributed by atoms with E-state index < -0.39 is 0 Å². The summed E-state index contributed by atoms with van der Waals surface area (Å²) in [7, 11) is 0. The zero-order valence-electron chi connectivity index (χ0n) is 15.1. The minimum Gasteiger partial charge on any atom is -0.339 e. The van der Waals surface area contributed by atoms with Gasteiger partial charge < -0.3 is 4.52 Å². The fraction of sp³-hybridized carbons (Fsp3) is 0.444. The Kier molecular flexibility index (Phi) is 7.10. The maximum atomic E-state index is 5.20. The predicted molar refractivity (Wildman–Crippen MR) is 108 cm³/mol. The molecular weight excluding hydrogens is 384 g/mol. The summed E-state index contributed by atoms with van der Waals surface area (Å²) in [5.41, 5.74) is 2.68. The van der Waals surface area contributed by atoms with Crippen molar-refractivity contribution in [2.24, 2.45) is 0 Å². The largest absolute Gasteiger partial charge is 0.339 e. The molecule has 0 saturated heterocycles. The number of hydrogen-bond acceptors (Lipinski definition) is 8. The first-order valence-electron chi connectivity index (χ1n) is 8.63. The SMILES string of the molecule is CCCc1nc(CSc2nnc(SCc3ccc(C(C)C)cc3)s2)no1. The van der Waals surface area contributed by atoms with E-state index in [0.29, 0.717) is 23.4 Å². The van der Waals surface area contributed by atoms with E-state index in [4.69, 9.17) is 4.52 Å². The standard InChI is InChI=1S/C18H22N4OS3/c1-4-5-16-19-15(22-23-16)11-25-18-21-20-17(26-18)24-10-13-6-8-14(9-7-13)12(2)3/h6-9,12H,4-5,10-11H2,1-3H3. The molecule has 0 spiro atoms. The van der Waals surface area contributed by atoms with Crippen LogP contribution in [0.25, 0.3) is 0 Å². The lowest BCUT2D eigenvalue weighted by atomic mass is 10.0. The van der Waals surface area contributed by atoms with Crippen molar-refractivity contribution in [1.82, 2.24) is 20.3 Å². The van der Waals surface area contributed by atoms with Gasteiger partial charge in [0.2, 0.25) is 5.89 Å². The van der Waals surface area contributed by atoms with Crippen LogP contribution in [0.1, 0.15) is 56.0 Å². The van der Waals surface area contributed by atoms with Crippen molar-refractivity contribution in [2.75, 3.05) is 0 Å². The Bertz CT molecular complexity index is 814. The molecule has 5 nitrogen and oxygen atoms in total. The van der Waals surface area contributed by atoms with Crippen LogP contribution in [0.2, 0.25) is 0 Å². The molecule has 2 heterocycles. The number of benzene rings is 1. The molecule has 0 saturated carbocycles. The topological polar surface area (TPSA) is 64.7 Å². The first-order valence-corrected chi connectivity index (χ1v) is 11.4. The summed E-state index contributed by atoms with van der Waals surface area (Å²) >= 11 is 4.94. The molecule has 0 fully saturated rings. The number of hydrogen-bond donors (Lipinski definition) is 0. The lowest BCUT2D eigenvalue weighted by molar-refractivity contribution is 0.373. The summed E-state index contributed by atoms with van der Waals surface area (Å²) in [6.45, 7) is 6.52. The lowest BCUT2D eigenvalue weighted by Crippen LogP contribution is -1.87. The third-order valence-corrected chi connectivity index (χ3v) is 6.95. The molecule has 3 aromatic rings. The Morgan fingerprint density at radius 2 is 1.73 bits per heavy atom. The van der Waals surface area contributed by atoms with Gasteiger partial charge in [0, 0.05) is 12.2 Å². The number of thioether (sulfide) groups is 2. The number of aromatic nitrogens is 4. The van der Waals surface area contributed by atoms with Gasteiger partial charge in [-0.05, 0) is 23.5 Å². The Morgan fingerprint density at radius 1 is 1.04 bits per heavy atom. The quantitative estimate of drug-likeness (QED) is 0.430. The number of nitrogens with zero attached hydrogens (tertiary/aromatic N) is 4. The van der Waals surface area contributed by atoms with Gasteiger partial charge in [-0.1, -0.05) is 85.1 Å². The zero-order chi connectivity index (χ0) is 18.4. The van der Waals surface area contributed by atoms with Gasteiger partial charge in [0.25, 0.3) is 0 Å². The van der Waals surface area contributed by atoms with E-state index in [0.717, 1.165) is 27.3 Å². The minimum absolute atomic E-state index is 0.566. The van der Waals surface area contributed by atoms with Crippen LogP contribution in [-0.4, -0.2) is 20.3 Å². The van der Waals surface area contributed by atoms with Crippen molar-refractivity contribution >= 4 is 34.9 Å². The van der Waals surface area contributed by atoms with Crippen LogP contribution >= 0.6 is 34.9 Å². The lowest BCUT2D eigenvalue weighted by Gasteiger charge is -2.05. The fourth-order valence-electron chi connectivity index (χ4n) is 2.25. The molecule has 0 amide bonds. The van der Waals surface area contributed by atoms with E-state index in [1.54, 1.807) is 34.9 Å². The molecule has 0 aliphatic heterocycles. The second kappa shape index (κ2) is 9.53. The minimum atomic E-state index is 0.566. The fourth-order valence-corrected chi connectivity index (χ4v) is 5.07. The third-order valence-electron chi connectivity index (χ3n) is 3.70. The Hall–Kier alpha value is -1.38. The molecule has 0 atom stereocenters. The van der Waals surface area contributed by atoms with Gasteiger partial charge in [0.1, 0.15) is 0 Å². The predicted octanol–water partition coefficient (Wildman–Crippen LogP) is 5.58. The van der Waals surface area contributed by atoms with Gasteiger partial charge in [-0.25, -0.2) is 0 Å². The van der Waals surface area contributed by atoms with Crippen LogP contribution in [0.5, 0.6) is 0 Å². The Morgan fingerprint density at radius 3 is 2.38 bits per heavy atom. The molecule has 0 aliphatic rings. The van der Waals surface area contributed by atoms with Crippen molar-refractivity contribution < 1.29 is 4.52 Å². The Balaban J connectivity index is 1.48. The van der Waals surface area contributed by atoms with E-state index in [1.807, 2.05) is 0 Å². The van der Waals surface area contributed by atoms with E-state index in [1.165, 1.54) is 11.1 Å². The van der Waals surface area contributed by atoms with Crippen molar-refractivity contribution in [3.05, 3.63) is 47.1 Å². The number of rotatable bonds is 9. The smallest absolute Gasteiger partial charge is 0.226 e. The van der Waals surface area contributed by atoms with Crippen molar-refractivity contribution in [1.29, 1.82) is 0 Å². The molecule has 0 N–H and O–H groups in total. The summed E-state index contributed by atoms with van der Waals surface area (Å²) in [5.74, 6) is 3.55. The van der Waals surface area contributed by atoms with Crippen LogP contribution in [-0.2, 0) is 17.9 Å². The van der Waals surface area contributed by atoms with Crippen molar-refractivity contribution in [3.63, 3.8) is 0 Å². The van der Waals surface area contributed by atoms with Crippen molar-refractivity contribution in [3.8, 4) is 0 Å². The maximum Gasteiger partial charge on any atom is 0.226 e. The first-order chi connectivity index (χ1) is 12.6. The molecule has 0 aliphatic carbocycles. The highest BCUT2D eigenvalue weighted by Crippen LogP contribution is 2.32. The van der Waals surface area contributed by atoms with E-state index in [-0.39, 0.29) is 0 Å². The molecule has 0 unspecified atom stereocenters. The van der Waals surface area contributed by atoms with Crippen LogP contribution < -0.4 is 0 Å². The molecule has 2 aromatic heterocycles. The number of aryl methyl sites for hydroxylation is 1. The normalized spacial score (nSPS) is 11.4. The molecule has 1 aromatic carbocycles. The summed E-state index contributed by atoms with van der Waals surface area (Å²) in [6.07, 6.45) is 1.83. The summed E-state index contributed by atoms with van der Waals surface area (Å²) in [4.78, 5) is 4.37. The summed E-state index contributed by atoms with van der Waals surface area (Å²) in [5, 5.41) is 12.5. The van der Waals surface area contributed by atoms with Crippen LogP contribution in [0.15, 0.2) is 37.5 Å². The summed E-state index contributed by atoms with van der Waals surface area (Å²) in [6, 6.07) is 8.81. The monoisotopic (exact) mass is 406 g/mol. The summed E-state index contributed by atoms with van der Waals surface area (Å²) < 4.78 is 7.12. The molecule has 8 heteroatoms.